The highest BCUT2D eigenvalue weighted by molar-refractivity contribution is 7.82. The lowest BCUT2D eigenvalue weighted by atomic mass is 10.2. The first kappa shape index (κ1) is 6.22. The zero-order valence-corrected chi connectivity index (χ0v) is 5.36. The summed E-state index contributed by atoms with van der Waals surface area (Å²) < 4.78 is 0. The molecule has 0 atom stereocenters. The predicted molar refractivity (Wildman–Crippen MR) is 36.3 cm³/mol. The molecule has 0 bridgehead atoms. The van der Waals surface area contributed by atoms with E-state index < -0.39 is 5.78 Å². The molecule has 3 nitrogen and oxygen atoms in total. The summed E-state index contributed by atoms with van der Waals surface area (Å²) in [6.45, 7) is 0.359. The quantitative estimate of drug-likeness (QED) is 0.466. The van der Waals surface area contributed by atoms with Gasteiger partial charge in [-0.15, -0.1) is 0 Å². The molecule has 0 aromatic rings. The highest BCUT2D eigenvalue weighted by Crippen LogP contribution is 1.96. The van der Waals surface area contributed by atoms with Crippen LogP contribution in [0.2, 0.25) is 0 Å². The average molecular weight is 143 g/mol. The number of ketones is 1. The number of aliphatic hydroxyl groups excluding tert-OH is 1. The second kappa shape index (κ2) is 2.14. The number of nitrogens with one attached hydrogen (secondary N) is 1. The smallest absolute Gasteiger partial charge is 0.237 e. The summed E-state index contributed by atoms with van der Waals surface area (Å²) in [7, 11) is 0. The molecule has 0 saturated carbocycles. The minimum absolute atomic E-state index is 0.231. The van der Waals surface area contributed by atoms with Gasteiger partial charge in [0.05, 0.1) is 11.4 Å². The Balaban J connectivity index is 2.86. The van der Waals surface area contributed by atoms with Crippen molar-refractivity contribution in [3.63, 3.8) is 0 Å². The van der Waals surface area contributed by atoms with Crippen molar-refractivity contribution in [2.75, 3.05) is 6.54 Å². The largest absolute Gasteiger partial charge is 0.503 e. The summed E-state index contributed by atoms with van der Waals surface area (Å²) >= 11 is 4.59. The highest BCUT2D eigenvalue weighted by Gasteiger charge is 2.16. The van der Waals surface area contributed by atoms with Gasteiger partial charge in [0.15, 0.2) is 5.76 Å². The molecule has 1 rings (SSSR count). The number of carbonyl (C=O) groups excluding carboxylic acids is 1. The van der Waals surface area contributed by atoms with Gasteiger partial charge in [-0.3, -0.25) is 4.79 Å². The van der Waals surface area contributed by atoms with Crippen LogP contribution in [0.4, 0.5) is 0 Å². The molecular weight excluding hydrogens is 138 g/mol. The number of Topliss-reactive ketones (excluding diaryl/α,β-unsaturated/α-hetero) is 1. The van der Waals surface area contributed by atoms with Crippen molar-refractivity contribution in [2.24, 2.45) is 0 Å². The Morgan fingerprint density at radius 2 is 2.44 bits per heavy atom. The molecule has 0 amide bonds. The molecule has 1 aliphatic rings. The van der Waals surface area contributed by atoms with Gasteiger partial charge in [0.2, 0.25) is 5.78 Å². The standard InChI is InChI=1S/C5H5NO2S/c7-3-1-6-2-4(9)5(3)8/h1,6-7H,2H2. The van der Waals surface area contributed by atoms with Crippen LogP contribution in [0.1, 0.15) is 0 Å². The Kier molecular flexibility index (Phi) is 1.48. The third-order valence-electron chi connectivity index (χ3n) is 0.987. The van der Waals surface area contributed by atoms with E-state index in [0.717, 1.165) is 0 Å². The van der Waals surface area contributed by atoms with Crippen molar-refractivity contribution in [1.29, 1.82) is 0 Å². The van der Waals surface area contributed by atoms with Gasteiger partial charge in [-0.25, -0.2) is 0 Å². The Labute approximate surface area is 57.4 Å². The van der Waals surface area contributed by atoms with Crippen molar-refractivity contribution >= 4 is 22.9 Å². The van der Waals surface area contributed by atoms with E-state index in [0.29, 0.717) is 6.54 Å². The van der Waals surface area contributed by atoms with E-state index in [-0.39, 0.29) is 10.6 Å². The van der Waals surface area contributed by atoms with Crippen molar-refractivity contribution in [3.05, 3.63) is 12.0 Å². The molecule has 1 aliphatic heterocycles. The number of carbonyl (C=O) groups is 1. The van der Waals surface area contributed by atoms with Crippen LogP contribution in [-0.2, 0) is 4.79 Å². The highest BCUT2D eigenvalue weighted by atomic mass is 32.1. The summed E-state index contributed by atoms with van der Waals surface area (Å²) in [6.07, 6.45) is 1.25. The monoisotopic (exact) mass is 143 g/mol. The van der Waals surface area contributed by atoms with Gasteiger partial charge in [-0.2, -0.15) is 0 Å². The van der Waals surface area contributed by atoms with Crippen molar-refractivity contribution in [3.8, 4) is 0 Å². The van der Waals surface area contributed by atoms with Crippen LogP contribution in [-0.4, -0.2) is 22.3 Å². The van der Waals surface area contributed by atoms with Crippen molar-refractivity contribution < 1.29 is 9.90 Å². The summed E-state index contributed by atoms with van der Waals surface area (Å²) in [4.78, 5) is 10.9. The maximum absolute atomic E-state index is 10.6. The third kappa shape index (κ3) is 1.08. The maximum atomic E-state index is 10.6. The van der Waals surface area contributed by atoms with Gasteiger partial charge in [0.25, 0.3) is 0 Å². The van der Waals surface area contributed by atoms with Gasteiger partial charge in [-0.1, -0.05) is 12.2 Å². The lowest BCUT2D eigenvalue weighted by Gasteiger charge is -2.07. The van der Waals surface area contributed by atoms with Gasteiger partial charge in [-0.05, 0) is 0 Å². The minimum Gasteiger partial charge on any atom is -0.503 e. The fourth-order valence-electron chi connectivity index (χ4n) is 0.529. The molecule has 9 heavy (non-hydrogen) atoms. The topological polar surface area (TPSA) is 49.3 Å². The second-order valence-electron chi connectivity index (χ2n) is 1.66. The van der Waals surface area contributed by atoms with Crippen LogP contribution in [0.15, 0.2) is 12.0 Å². The molecule has 0 unspecified atom stereocenters. The van der Waals surface area contributed by atoms with Crippen LogP contribution in [0.25, 0.3) is 0 Å². The van der Waals surface area contributed by atoms with Gasteiger partial charge >= 0.3 is 0 Å². The van der Waals surface area contributed by atoms with E-state index in [1.165, 1.54) is 6.20 Å². The van der Waals surface area contributed by atoms with Gasteiger partial charge in [0, 0.05) is 6.20 Å². The normalized spacial score (nSPS) is 18.9. The number of hydrogen-bond donors (Lipinski definition) is 2. The molecule has 1 heterocycles. The average Bonchev–Trinajstić information content (AvgIpc) is 1.83. The molecule has 0 spiro atoms. The van der Waals surface area contributed by atoms with E-state index in [1.807, 2.05) is 0 Å². The first-order valence-electron chi connectivity index (χ1n) is 2.42. The summed E-state index contributed by atoms with van der Waals surface area (Å²) in [5.74, 6) is -0.741. The number of hydrogen-bond acceptors (Lipinski definition) is 4. The first-order chi connectivity index (χ1) is 4.22. The van der Waals surface area contributed by atoms with Crippen LogP contribution in [0.3, 0.4) is 0 Å². The number of aliphatic hydroxyl groups is 1. The number of thiocarbonyl (C=S) groups is 1. The van der Waals surface area contributed by atoms with E-state index >= 15 is 0 Å². The Bertz CT molecular complexity index is 197. The number of rotatable bonds is 0. The molecule has 4 heteroatoms. The fourth-order valence-corrected chi connectivity index (χ4v) is 0.717. The van der Waals surface area contributed by atoms with E-state index in [2.05, 4.69) is 17.5 Å². The molecule has 0 fully saturated rings. The molecular formula is C5H5NO2S. The van der Waals surface area contributed by atoms with Crippen LogP contribution < -0.4 is 5.32 Å². The molecule has 0 aliphatic carbocycles. The molecule has 48 valence electrons. The molecule has 0 radical (unpaired) electrons. The third-order valence-corrected chi connectivity index (χ3v) is 1.32. The van der Waals surface area contributed by atoms with Gasteiger partial charge in [0.1, 0.15) is 0 Å². The predicted octanol–water partition coefficient (Wildman–Crippen LogP) is -0.0720. The summed E-state index contributed by atoms with van der Waals surface area (Å²) in [6, 6.07) is 0. The van der Waals surface area contributed by atoms with Crippen molar-refractivity contribution in [1.82, 2.24) is 5.32 Å². The lowest BCUT2D eigenvalue weighted by Crippen LogP contribution is -2.31. The Morgan fingerprint density at radius 3 is 2.89 bits per heavy atom. The zero-order valence-electron chi connectivity index (χ0n) is 4.55. The van der Waals surface area contributed by atoms with E-state index in [1.54, 1.807) is 0 Å². The van der Waals surface area contributed by atoms with E-state index in [9.17, 15) is 4.79 Å². The van der Waals surface area contributed by atoms with Crippen LogP contribution in [0.5, 0.6) is 0 Å². The Morgan fingerprint density at radius 1 is 1.78 bits per heavy atom. The molecule has 0 aromatic carbocycles. The fraction of sp³-hybridized carbons (Fsp3) is 0.200. The molecule has 0 aromatic heterocycles. The van der Waals surface area contributed by atoms with Gasteiger partial charge < -0.3 is 10.4 Å². The molecule has 0 saturated heterocycles. The summed E-state index contributed by atoms with van der Waals surface area (Å²) in [5.41, 5.74) is 0. The zero-order chi connectivity index (χ0) is 6.85. The maximum Gasteiger partial charge on any atom is 0.237 e. The second-order valence-corrected chi connectivity index (χ2v) is 2.16. The van der Waals surface area contributed by atoms with Crippen LogP contribution in [0, 0.1) is 0 Å². The minimum atomic E-state index is -0.441. The first-order valence-corrected chi connectivity index (χ1v) is 2.82. The van der Waals surface area contributed by atoms with Crippen molar-refractivity contribution in [2.45, 2.75) is 0 Å². The molecule has 2 N–H and O–H groups in total. The Hall–Kier alpha value is -0.900. The SMILES string of the molecule is O=C1C(=S)CNC=C1O. The van der Waals surface area contributed by atoms with Crippen LogP contribution >= 0.6 is 12.2 Å². The summed E-state index contributed by atoms with van der Waals surface area (Å²) in [5, 5.41) is 11.4. The lowest BCUT2D eigenvalue weighted by molar-refractivity contribution is -0.112. The number of allylic oxidation sites excluding steroid dienone is 1. The van der Waals surface area contributed by atoms with E-state index in [4.69, 9.17) is 5.11 Å².